The molecule has 0 heterocycles. The Morgan fingerprint density at radius 1 is 0.639 bits per heavy atom. The Hall–Kier alpha value is -3.77. The zero-order valence-electron chi connectivity index (χ0n) is 20.7. The number of hydrogen-bond donors (Lipinski definition) is 0. The van der Waals surface area contributed by atoms with Crippen molar-refractivity contribution in [1.29, 1.82) is 0 Å². The van der Waals surface area contributed by atoms with Crippen molar-refractivity contribution in [2.75, 3.05) is 7.05 Å². The number of hydrazine groups is 1. The molecule has 4 rings (SSSR count). The van der Waals surface area contributed by atoms with Crippen LogP contribution in [0, 0.1) is 0 Å². The lowest BCUT2D eigenvalue weighted by Gasteiger charge is -2.41. The monoisotopic (exact) mass is 542 g/mol. The minimum Gasteiger partial charge on any atom is -0.289 e. The van der Waals surface area contributed by atoms with E-state index in [0.29, 0.717) is 22.3 Å². The Morgan fingerprint density at radius 3 is 1.81 bits per heavy atom. The number of fused-ring (bicyclic) bond motifs is 1. The van der Waals surface area contributed by atoms with Crippen LogP contribution in [-0.4, -0.2) is 40.2 Å². The van der Waals surface area contributed by atoms with Gasteiger partial charge in [-0.3, -0.25) is 14.4 Å². The number of amides is 2. The topological polar surface area (TPSA) is 57.7 Å². The molecule has 5 nitrogen and oxygen atoms in total. The van der Waals surface area contributed by atoms with Gasteiger partial charge in [-0.05, 0) is 67.9 Å². The van der Waals surface area contributed by atoms with Gasteiger partial charge in [0.1, 0.15) is 0 Å². The summed E-state index contributed by atoms with van der Waals surface area (Å²) in [5, 5.41) is 4.77. The molecular formula is C30H27BrN2O3. The molecule has 0 bridgehead atoms. The van der Waals surface area contributed by atoms with Gasteiger partial charge in [0.15, 0.2) is 5.78 Å². The number of benzene rings is 4. The van der Waals surface area contributed by atoms with Crippen molar-refractivity contribution in [1.82, 2.24) is 10.0 Å². The fourth-order valence-corrected chi connectivity index (χ4v) is 4.54. The average molecular weight is 543 g/mol. The first-order valence-corrected chi connectivity index (χ1v) is 12.4. The Balaban J connectivity index is 1.60. The Morgan fingerprint density at radius 2 is 1.17 bits per heavy atom. The average Bonchev–Trinajstić information content (AvgIpc) is 2.87. The Labute approximate surface area is 219 Å². The predicted molar refractivity (Wildman–Crippen MR) is 146 cm³/mol. The van der Waals surface area contributed by atoms with Crippen LogP contribution in [0.3, 0.4) is 0 Å². The lowest BCUT2D eigenvalue weighted by molar-refractivity contribution is -0.0308. The third kappa shape index (κ3) is 5.24. The zero-order chi connectivity index (χ0) is 26.0. The standard InChI is InChI=1S/C30H27BrN2O3/c1-30(2,3)33(32(4)28(35)25-15-14-24-19-26(31)17-16-23(24)18-25)29(36)22-12-10-21(11-13-22)27(34)20-8-6-5-7-9-20/h5-19H,1-4H3. The number of nitrogens with zero attached hydrogens (tertiary/aromatic N) is 2. The SMILES string of the molecule is CN(C(=O)c1ccc2cc(Br)ccc2c1)N(C(=O)c1ccc(C(=O)c2ccccc2)cc1)C(C)(C)C. The number of carbonyl (C=O) groups is 3. The van der Waals surface area contributed by atoms with E-state index in [9.17, 15) is 14.4 Å². The van der Waals surface area contributed by atoms with Crippen molar-refractivity contribution in [3.8, 4) is 0 Å². The minimum absolute atomic E-state index is 0.113. The van der Waals surface area contributed by atoms with Gasteiger partial charge in [-0.25, -0.2) is 10.0 Å². The first-order chi connectivity index (χ1) is 17.1. The van der Waals surface area contributed by atoms with E-state index >= 15 is 0 Å². The van der Waals surface area contributed by atoms with Crippen LogP contribution in [0.4, 0.5) is 0 Å². The molecule has 0 aliphatic rings. The second-order valence-corrected chi connectivity index (χ2v) is 10.5. The van der Waals surface area contributed by atoms with Crippen molar-refractivity contribution in [3.05, 3.63) is 118 Å². The highest BCUT2D eigenvalue weighted by Gasteiger charge is 2.34. The molecule has 4 aromatic carbocycles. The maximum Gasteiger partial charge on any atom is 0.272 e. The third-order valence-electron chi connectivity index (χ3n) is 5.90. The number of hydrogen-bond acceptors (Lipinski definition) is 3. The summed E-state index contributed by atoms with van der Waals surface area (Å²) in [6.45, 7) is 5.62. The van der Waals surface area contributed by atoms with E-state index in [1.807, 2.05) is 69.3 Å². The summed E-state index contributed by atoms with van der Waals surface area (Å²) >= 11 is 3.47. The Kier molecular flexibility index (Phi) is 7.09. The molecule has 0 aliphatic carbocycles. The molecule has 2 amide bonds. The summed E-state index contributed by atoms with van der Waals surface area (Å²) in [7, 11) is 1.60. The van der Waals surface area contributed by atoms with E-state index in [0.717, 1.165) is 15.2 Å². The first-order valence-electron chi connectivity index (χ1n) is 11.6. The molecule has 0 spiro atoms. The number of ketones is 1. The number of carbonyl (C=O) groups excluding carboxylic acids is 3. The summed E-state index contributed by atoms with van der Waals surface area (Å²) in [6, 6.07) is 26.9. The van der Waals surface area contributed by atoms with Crippen LogP contribution < -0.4 is 0 Å². The van der Waals surface area contributed by atoms with E-state index in [4.69, 9.17) is 0 Å². The van der Waals surface area contributed by atoms with Crippen LogP contribution in [0.25, 0.3) is 10.8 Å². The first kappa shape index (κ1) is 25.3. The van der Waals surface area contributed by atoms with E-state index in [2.05, 4.69) is 15.9 Å². The zero-order valence-corrected chi connectivity index (χ0v) is 22.2. The molecule has 0 saturated carbocycles. The molecule has 0 aliphatic heterocycles. The molecule has 0 saturated heterocycles. The summed E-state index contributed by atoms with van der Waals surface area (Å²) in [5.41, 5.74) is 1.27. The van der Waals surface area contributed by atoms with E-state index in [1.54, 1.807) is 49.5 Å². The van der Waals surface area contributed by atoms with Gasteiger partial charge >= 0.3 is 0 Å². The molecule has 0 aromatic heterocycles. The van der Waals surface area contributed by atoms with Crippen molar-refractivity contribution >= 4 is 44.3 Å². The van der Waals surface area contributed by atoms with Gasteiger partial charge in [-0.1, -0.05) is 70.5 Å². The fraction of sp³-hybridized carbons (Fsp3) is 0.167. The molecule has 0 atom stereocenters. The molecule has 0 fully saturated rings. The maximum atomic E-state index is 13.6. The van der Waals surface area contributed by atoms with Crippen molar-refractivity contribution in [3.63, 3.8) is 0 Å². The smallest absolute Gasteiger partial charge is 0.272 e. The van der Waals surface area contributed by atoms with Crippen LogP contribution in [0.2, 0.25) is 0 Å². The summed E-state index contributed by atoms with van der Waals surface area (Å²) < 4.78 is 0.965. The number of rotatable bonds is 4. The molecular weight excluding hydrogens is 516 g/mol. The largest absolute Gasteiger partial charge is 0.289 e. The normalized spacial score (nSPS) is 11.2. The third-order valence-corrected chi connectivity index (χ3v) is 6.39. The molecule has 0 N–H and O–H groups in total. The van der Waals surface area contributed by atoms with Gasteiger partial charge < -0.3 is 0 Å². The van der Waals surface area contributed by atoms with Gasteiger partial charge in [0.05, 0.1) is 5.54 Å². The van der Waals surface area contributed by atoms with Crippen LogP contribution in [0.15, 0.2) is 95.5 Å². The van der Waals surface area contributed by atoms with Gasteiger partial charge in [0.2, 0.25) is 0 Å². The second kappa shape index (κ2) is 10.1. The van der Waals surface area contributed by atoms with Gasteiger partial charge in [-0.15, -0.1) is 0 Å². The van der Waals surface area contributed by atoms with Crippen LogP contribution in [0.5, 0.6) is 0 Å². The fourth-order valence-electron chi connectivity index (χ4n) is 4.16. The van der Waals surface area contributed by atoms with E-state index in [-0.39, 0.29) is 17.6 Å². The summed E-state index contributed by atoms with van der Waals surface area (Å²) in [6.07, 6.45) is 0. The lowest BCUT2D eigenvalue weighted by atomic mass is 10.0. The molecule has 0 radical (unpaired) electrons. The highest BCUT2D eigenvalue weighted by molar-refractivity contribution is 9.10. The summed E-state index contributed by atoms with van der Waals surface area (Å²) in [5.74, 6) is -0.737. The molecule has 6 heteroatoms. The van der Waals surface area contributed by atoms with Gasteiger partial charge in [-0.2, -0.15) is 0 Å². The maximum absolute atomic E-state index is 13.6. The lowest BCUT2D eigenvalue weighted by Crippen LogP contribution is -2.56. The molecule has 182 valence electrons. The molecule has 36 heavy (non-hydrogen) atoms. The van der Waals surface area contributed by atoms with E-state index < -0.39 is 5.54 Å². The minimum atomic E-state index is -0.679. The highest BCUT2D eigenvalue weighted by atomic mass is 79.9. The van der Waals surface area contributed by atoms with Crippen molar-refractivity contribution < 1.29 is 14.4 Å². The van der Waals surface area contributed by atoms with Gasteiger partial charge in [0.25, 0.3) is 11.8 Å². The quantitative estimate of drug-likeness (QED) is 0.211. The highest BCUT2D eigenvalue weighted by Crippen LogP contribution is 2.25. The van der Waals surface area contributed by atoms with Crippen molar-refractivity contribution in [2.24, 2.45) is 0 Å². The number of halogens is 1. The van der Waals surface area contributed by atoms with Crippen LogP contribution in [-0.2, 0) is 0 Å². The molecule has 4 aromatic rings. The second-order valence-electron chi connectivity index (χ2n) is 9.60. The summed E-state index contributed by atoms with van der Waals surface area (Å²) in [4.78, 5) is 39.8. The molecule has 0 unspecified atom stereocenters. The predicted octanol–water partition coefficient (Wildman–Crippen LogP) is 6.76. The van der Waals surface area contributed by atoms with Crippen LogP contribution >= 0.6 is 15.9 Å². The van der Waals surface area contributed by atoms with E-state index in [1.165, 1.54) is 10.0 Å². The van der Waals surface area contributed by atoms with Crippen LogP contribution in [0.1, 0.15) is 57.4 Å². The van der Waals surface area contributed by atoms with Crippen molar-refractivity contribution in [2.45, 2.75) is 26.3 Å². The van der Waals surface area contributed by atoms with Gasteiger partial charge in [0, 0.05) is 33.8 Å². The Bertz CT molecular complexity index is 1440.